The zero-order chi connectivity index (χ0) is 21.9. The van der Waals surface area contributed by atoms with Crippen molar-refractivity contribution in [3.63, 3.8) is 0 Å². The van der Waals surface area contributed by atoms with E-state index < -0.39 is 16.1 Å². The molecule has 1 heterocycles. The van der Waals surface area contributed by atoms with Gasteiger partial charge in [0.15, 0.2) is 0 Å². The second-order valence-corrected chi connectivity index (χ2v) is 9.75. The average Bonchev–Trinajstić information content (AvgIpc) is 2.74. The van der Waals surface area contributed by atoms with Gasteiger partial charge in [-0.15, -0.1) is 0 Å². The molecular weight excluding hydrogens is 452 g/mol. The van der Waals surface area contributed by atoms with Crippen LogP contribution in [0.15, 0.2) is 47.4 Å². The molecule has 1 atom stereocenters. The molecule has 0 aliphatic carbocycles. The molecule has 0 radical (unpaired) electrons. The maximum Gasteiger partial charge on any atom is 0.244 e. The summed E-state index contributed by atoms with van der Waals surface area (Å²) in [6, 6.07) is 10.1. The van der Waals surface area contributed by atoms with Crippen LogP contribution >= 0.6 is 23.2 Å². The van der Waals surface area contributed by atoms with Crippen LogP contribution in [0.4, 0.5) is 4.39 Å². The zero-order valence-electron chi connectivity index (χ0n) is 16.3. The van der Waals surface area contributed by atoms with Crippen molar-refractivity contribution < 1.29 is 17.6 Å². The van der Waals surface area contributed by atoms with E-state index in [1.807, 2.05) is 4.90 Å². The van der Waals surface area contributed by atoms with E-state index in [0.717, 1.165) is 0 Å². The predicted octanol–water partition coefficient (Wildman–Crippen LogP) is 3.14. The van der Waals surface area contributed by atoms with Crippen LogP contribution < -0.4 is 5.32 Å². The highest BCUT2D eigenvalue weighted by atomic mass is 35.5. The second-order valence-electron chi connectivity index (χ2n) is 7.00. The third-order valence-corrected chi connectivity index (χ3v) is 7.74. The molecular formula is C20H22Cl2FN3O3S. The lowest BCUT2D eigenvalue weighted by atomic mass is 10.2. The molecule has 2 aromatic carbocycles. The van der Waals surface area contributed by atoms with Crippen LogP contribution in [0.2, 0.25) is 10.0 Å². The summed E-state index contributed by atoms with van der Waals surface area (Å²) in [6.45, 7) is 3.04. The Morgan fingerprint density at radius 3 is 2.47 bits per heavy atom. The number of carbonyl (C=O) groups is 1. The second kappa shape index (κ2) is 9.62. The molecule has 0 saturated carbocycles. The largest absolute Gasteiger partial charge is 0.351 e. The van der Waals surface area contributed by atoms with E-state index in [4.69, 9.17) is 23.2 Å². The van der Waals surface area contributed by atoms with E-state index in [1.165, 1.54) is 28.6 Å². The van der Waals surface area contributed by atoms with Crippen molar-refractivity contribution in [2.75, 3.05) is 26.2 Å². The van der Waals surface area contributed by atoms with Gasteiger partial charge < -0.3 is 5.32 Å². The molecule has 0 aromatic heterocycles. The van der Waals surface area contributed by atoms with E-state index in [1.54, 1.807) is 25.1 Å². The smallest absolute Gasteiger partial charge is 0.244 e. The fourth-order valence-corrected chi connectivity index (χ4v) is 5.44. The van der Waals surface area contributed by atoms with Gasteiger partial charge in [0.05, 0.1) is 11.1 Å². The Morgan fingerprint density at radius 1 is 1.13 bits per heavy atom. The summed E-state index contributed by atoms with van der Waals surface area (Å²) in [4.78, 5) is 14.3. The highest BCUT2D eigenvalue weighted by Gasteiger charge is 2.33. The minimum absolute atomic E-state index is 0.0270. The Hall–Kier alpha value is -1.71. The van der Waals surface area contributed by atoms with Gasteiger partial charge in [-0.2, -0.15) is 4.31 Å². The van der Waals surface area contributed by atoms with Gasteiger partial charge in [-0.3, -0.25) is 9.69 Å². The first kappa shape index (κ1) is 23.0. The lowest BCUT2D eigenvalue weighted by Gasteiger charge is -2.36. The zero-order valence-corrected chi connectivity index (χ0v) is 18.6. The number of sulfonamides is 1. The summed E-state index contributed by atoms with van der Waals surface area (Å²) < 4.78 is 40.9. The average molecular weight is 474 g/mol. The molecule has 1 aliphatic heterocycles. The van der Waals surface area contributed by atoms with Crippen molar-refractivity contribution in [3.05, 3.63) is 63.9 Å². The third kappa shape index (κ3) is 5.12. The van der Waals surface area contributed by atoms with Crippen LogP contribution in [-0.2, 0) is 21.4 Å². The molecule has 3 rings (SSSR count). The van der Waals surface area contributed by atoms with Crippen LogP contribution in [0.25, 0.3) is 0 Å². The molecule has 10 heteroatoms. The molecule has 0 spiro atoms. The van der Waals surface area contributed by atoms with Crippen LogP contribution in [0.5, 0.6) is 0 Å². The number of benzene rings is 2. The quantitative estimate of drug-likeness (QED) is 0.699. The van der Waals surface area contributed by atoms with Crippen LogP contribution in [0.3, 0.4) is 0 Å². The molecule has 1 fully saturated rings. The van der Waals surface area contributed by atoms with E-state index in [9.17, 15) is 17.6 Å². The highest BCUT2D eigenvalue weighted by Crippen LogP contribution is 2.28. The van der Waals surface area contributed by atoms with Gasteiger partial charge in [-0.25, -0.2) is 12.8 Å². The summed E-state index contributed by atoms with van der Waals surface area (Å²) in [5.74, 6) is -0.614. The van der Waals surface area contributed by atoms with Crippen molar-refractivity contribution in [2.24, 2.45) is 0 Å². The van der Waals surface area contributed by atoms with Crippen molar-refractivity contribution in [2.45, 2.75) is 24.4 Å². The molecule has 1 aliphatic rings. The maximum atomic E-state index is 13.7. The van der Waals surface area contributed by atoms with Gasteiger partial charge in [0.1, 0.15) is 10.7 Å². The Balaban J connectivity index is 1.58. The van der Waals surface area contributed by atoms with Gasteiger partial charge in [0, 0.05) is 43.3 Å². The highest BCUT2D eigenvalue weighted by molar-refractivity contribution is 7.89. The molecule has 162 valence electrons. The minimum Gasteiger partial charge on any atom is -0.351 e. The number of nitrogens with zero attached hydrogens (tertiary/aromatic N) is 2. The monoisotopic (exact) mass is 473 g/mol. The molecule has 0 bridgehead atoms. The van der Waals surface area contributed by atoms with Crippen LogP contribution in [0, 0.1) is 5.82 Å². The topological polar surface area (TPSA) is 69.7 Å². The van der Waals surface area contributed by atoms with Gasteiger partial charge in [-0.05, 0) is 31.2 Å². The summed E-state index contributed by atoms with van der Waals surface area (Å²) in [6.07, 6.45) is 0. The normalized spacial score (nSPS) is 16.9. The first-order valence-corrected chi connectivity index (χ1v) is 11.6. The molecule has 30 heavy (non-hydrogen) atoms. The predicted molar refractivity (Wildman–Crippen MR) is 115 cm³/mol. The molecule has 1 saturated heterocycles. The SMILES string of the molecule is CC(C(=O)NCc1ccccc1F)N1CCN(S(=O)(=O)c2cc(Cl)ccc2Cl)CC1. The lowest BCUT2D eigenvalue weighted by Crippen LogP contribution is -2.54. The van der Waals surface area contributed by atoms with Crippen molar-refractivity contribution in [3.8, 4) is 0 Å². The van der Waals surface area contributed by atoms with Gasteiger partial charge in [-0.1, -0.05) is 41.4 Å². The summed E-state index contributed by atoms with van der Waals surface area (Å²) in [5.41, 5.74) is 0.410. The van der Waals surface area contributed by atoms with E-state index in [2.05, 4.69) is 5.32 Å². The Morgan fingerprint density at radius 2 is 1.80 bits per heavy atom. The molecule has 1 amide bonds. The molecule has 2 aromatic rings. The molecule has 1 unspecified atom stereocenters. The number of rotatable bonds is 6. The number of hydrogen-bond donors (Lipinski definition) is 1. The number of nitrogens with one attached hydrogen (secondary N) is 1. The summed E-state index contributed by atoms with van der Waals surface area (Å²) in [7, 11) is -3.79. The number of hydrogen-bond acceptors (Lipinski definition) is 4. The maximum absolute atomic E-state index is 13.7. The summed E-state index contributed by atoms with van der Waals surface area (Å²) in [5, 5.41) is 3.14. The van der Waals surface area contributed by atoms with E-state index in [-0.39, 0.29) is 46.3 Å². The van der Waals surface area contributed by atoms with E-state index >= 15 is 0 Å². The van der Waals surface area contributed by atoms with E-state index in [0.29, 0.717) is 18.7 Å². The standard InChI is InChI=1S/C20H22Cl2FN3O3S/c1-14(20(27)24-13-15-4-2-3-5-18(15)23)25-8-10-26(11-9-25)30(28,29)19-12-16(21)6-7-17(19)22/h2-7,12,14H,8-11,13H2,1H3,(H,24,27). The lowest BCUT2D eigenvalue weighted by molar-refractivity contribution is -0.126. The fraction of sp³-hybridized carbons (Fsp3) is 0.350. The van der Waals surface area contributed by atoms with Gasteiger partial charge in [0.2, 0.25) is 15.9 Å². The first-order valence-electron chi connectivity index (χ1n) is 9.40. The number of piperazine rings is 1. The Bertz CT molecular complexity index is 1030. The van der Waals surface area contributed by atoms with Crippen molar-refractivity contribution >= 4 is 39.1 Å². The van der Waals surface area contributed by atoms with Crippen molar-refractivity contribution in [1.82, 2.24) is 14.5 Å². The van der Waals surface area contributed by atoms with Gasteiger partial charge in [0.25, 0.3) is 0 Å². The molecule has 6 nitrogen and oxygen atoms in total. The minimum atomic E-state index is -3.79. The Kier molecular flexibility index (Phi) is 7.36. The fourth-order valence-electron chi connectivity index (χ4n) is 3.28. The Labute approximate surface area is 185 Å². The molecule has 1 N–H and O–H groups in total. The van der Waals surface area contributed by atoms with Gasteiger partial charge >= 0.3 is 0 Å². The van der Waals surface area contributed by atoms with Crippen LogP contribution in [0.1, 0.15) is 12.5 Å². The first-order chi connectivity index (χ1) is 14.2. The van der Waals surface area contributed by atoms with Crippen molar-refractivity contribution in [1.29, 1.82) is 0 Å². The number of amides is 1. The van der Waals surface area contributed by atoms with Crippen LogP contribution in [-0.4, -0.2) is 55.8 Å². The third-order valence-electron chi connectivity index (χ3n) is 5.12. The summed E-state index contributed by atoms with van der Waals surface area (Å²) >= 11 is 12.0. The number of halogens is 3. The number of carbonyl (C=O) groups excluding carboxylic acids is 1.